The Morgan fingerprint density at radius 3 is 1.89 bits per heavy atom. The molecular weight excluding hydrogens is 234 g/mol. The maximum atomic E-state index is 5.43. The van der Waals surface area contributed by atoms with Crippen LogP contribution in [0.3, 0.4) is 0 Å². The van der Waals surface area contributed by atoms with Gasteiger partial charge in [0, 0.05) is 11.1 Å². The smallest absolute Gasteiger partial charge is 0.117 e. The number of hydrogen-bond acceptors (Lipinski definition) is 2. The predicted molar refractivity (Wildman–Crippen MR) is 79.4 cm³/mol. The molecule has 0 aliphatic heterocycles. The highest BCUT2D eigenvalue weighted by atomic mass is 16.6. The molecule has 0 bridgehead atoms. The number of unbranched alkanes of at least 4 members (excludes halogenated alkanes) is 1. The lowest BCUT2D eigenvalue weighted by atomic mass is 10.0. The summed E-state index contributed by atoms with van der Waals surface area (Å²) in [6.45, 7) is 2.81. The van der Waals surface area contributed by atoms with E-state index in [2.05, 4.69) is 36.3 Å². The largest absolute Gasteiger partial charge is 0.395 e. The molecule has 19 heavy (non-hydrogen) atoms. The van der Waals surface area contributed by atoms with Gasteiger partial charge in [0.1, 0.15) is 12.3 Å². The molecule has 0 aromatic heterocycles. The Morgan fingerprint density at radius 1 is 0.895 bits per heavy atom. The van der Waals surface area contributed by atoms with E-state index in [9.17, 15) is 0 Å². The van der Waals surface area contributed by atoms with Crippen LogP contribution in [0, 0.1) is 0 Å². The van der Waals surface area contributed by atoms with Gasteiger partial charge < -0.3 is 4.84 Å². The van der Waals surface area contributed by atoms with Crippen LogP contribution in [0.25, 0.3) is 0 Å². The lowest BCUT2D eigenvalue weighted by molar-refractivity contribution is 0.141. The zero-order valence-electron chi connectivity index (χ0n) is 11.3. The van der Waals surface area contributed by atoms with Gasteiger partial charge in [-0.05, 0) is 6.42 Å². The maximum absolute atomic E-state index is 5.43. The van der Waals surface area contributed by atoms with Crippen molar-refractivity contribution in [2.75, 3.05) is 6.61 Å². The average Bonchev–Trinajstić information content (AvgIpc) is 2.49. The number of nitrogens with zero attached hydrogens (tertiary/aromatic N) is 1. The van der Waals surface area contributed by atoms with Crippen LogP contribution in [0.4, 0.5) is 0 Å². The van der Waals surface area contributed by atoms with Crippen LogP contribution in [0.5, 0.6) is 0 Å². The van der Waals surface area contributed by atoms with E-state index in [1.807, 2.05) is 36.4 Å². The summed E-state index contributed by atoms with van der Waals surface area (Å²) in [4.78, 5) is 5.43. The van der Waals surface area contributed by atoms with Gasteiger partial charge in [0.2, 0.25) is 0 Å². The Balaban J connectivity index is 2.24. The third-order valence-electron chi connectivity index (χ3n) is 2.84. The second-order valence-corrected chi connectivity index (χ2v) is 4.36. The molecule has 0 saturated carbocycles. The zero-order valence-corrected chi connectivity index (χ0v) is 11.3. The minimum atomic E-state index is 0.666. The quantitative estimate of drug-likeness (QED) is 0.428. The Kier molecular flexibility index (Phi) is 5.17. The van der Waals surface area contributed by atoms with E-state index in [0.717, 1.165) is 29.7 Å². The van der Waals surface area contributed by atoms with Crippen molar-refractivity contribution in [1.82, 2.24) is 0 Å². The lowest BCUT2D eigenvalue weighted by Crippen LogP contribution is -2.04. The van der Waals surface area contributed by atoms with Crippen LogP contribution in [-0.2, 0) is 4.84 Å². The molecule has 2 aromatic rings. The Labute approximate surface area is 114 Å². The summed E-state index contributed by atoms with van der Waals surface area (Å²) < 4.78 is 0. The highest BCUT2D eigenvalue weighted by Gasteiger charge is 2.06. The zero-order chi connectivity index (χ0) is 13.3. The SMILES string of the molecule is CCCCON=C(c1ccccc1)c1ccccc1. The van der Waals surface area contributed by atoms with Crippen LogP contribution in [0.1, 0.15) is 30.9 Å². The van der Waals surface area contributed by atoms with E-state index in [4.69, 9.17) is 4.84 Å². The second-order valence-electron chi connectivity index (χ2n) is 4.36. The second kappa shape index (κ2) is 7.37. The summed E-state index contributed by atoms with van der Waals surface area (Å²) >= 11 is 0. The van der Waals surface area contributed by atoms with Crippen molar-refractivity contribution in [3.63, 3.8) is 0 Å². The molecule has 0 amide bonds. The van der Waals surface area contributed by atoms with Crippen molar-refractivity contribution in [2.45, 2.75) is 19.8 Å². The molecule has 2 aromatic carbocycles. The first kappa shape index (κ1) is 13.3. The molecule has 0 aliphatic carbocycles. The first-order valence-corrected chi connectivity index (χ1v) is 6.72. The molecule has 0 radical (unpaired) electrons. The molecule has 2 rings (SSSR count). The third-order valence-corrected chi connectivity index (χ3v) is 2.84. The van der Waals surface area contributed by atoms with Crippen LogP contribution in [-0.4, -0.2) is 12.3 Å². The summed E-state index contributed by atoms with van der Waals surface area (Å²) in [6, 6.07) is 20.3. The molecule has 0 saturated heterocycles. The third kappa shape index (κ3) is 3.95. The van der Waals surface area contributed by atoms with Crippen molar-refractivity contribution in [3.8, 4) is 0 Å². The maximum Gasteiger partial charge on any atom is 0.117 e. The van der Waals surface area contributed by atoms with Crippen molar-refractivity contribution in [3.05, 3.63) is 71.8 Å². The van der Waals surface area contributed by atoms with Gasteiger partial charge in [-0.15, -0.1) is 0 Å². The Bertz CT molecular complexity index is 464. The molecule has 0 heterocycles. The van der Waals surface area contributed by atoms with Crippen LogP contribution < -0.4 is 0 Å². The molecule has 0 N–H and O–H groups in total. The first-order valence-electron chi connectivity index (χ1n) is 6.72. The molecule has 0 unspecified atom stereocenters. The average molecular weight is 253 g/mol. The van der Waals surface area contributed by atoms with Gasteiger partial charge in [0.05, 0.1) is 0 Å². The molecule has 0 aliphatic rings. The van der Waals surface area contributed by atoms with Gasteiger partial charge in [-0.1, -0.05) is 79.2 Å². The van der Waals surface area contributed by atoms with E-state index in [1.165, 1.54) is 0 Å². The van der Waals surface area contributed by atoms with Gasteiger partial charge in [-0.25, -0.2) is 0 Å². The summed E-state index contributed by atoms with van der Waals surface area (Å²) in [7, 11) is 0. The highest BCUT2D eigenvalue weighted by Crippen LogP contribution is 2.11. The molecule has 0 atom stereocenters. The van der Waals surface area contributed by atoms with Gasteiger partial charge in [-0.2, -0.15) is 0 Å². The van der Waals surface area contributed by atoms with Crippen molar-refractivity contribution in [1.29, 1.82) is 0 Å². The van der Waals surface area contributed by atoms with Crippen LogP contribution in [0.2, 0.25) is 0 Å². The fourth-order valence-electron chi connectivity index (χ4n) is 1.78. The summed E-state index contributed by atoms with van der Waals surface area (Å²) in [5.41, 5.74) is 3.03. The van der Waals surface area contributed by atoms with Gasteiger partial charge in [0.15, 0.2) is 0 Å². The van der Waals surface area contributed by atoms with Gasteiger partial charge in [0.25, 0.3) is 0 Å². The van der Waals surface area contributed by atoms with Crippen molar-refractivity contribution >= 4 is 5.71 Å². The fraction of sp³-hybridized carbons (Fsp3) is 0.235. The fourth-order valence-corrected chi connectivity index (χ4v) is 1.78. The summed E-state index contributed by atoms with van der Waals surface area (Å²) in [5, 5.41) is 4.32. The molecule has 2 nitrogen and oxygen atoms in total. The van der Waals surface area contributed by atoms with Crippen LogP contribution in [0.15, 0.2) is 65.8 Å². The summed E-state index contributed by atoms with van der Waals surface area (Å²) in [6.07, 6.45) is 2.14. The number of benzene rings is 2. The van der Waals surface area contributed by atoms with E-state index in [-0.39, 0.29) is 0 Å². The van der Waals surface area contributed by atoms with Gasteiger partial charge >= 0.3 is 0 Å². The highest BCUT2D eigenvalue weighted by molar-refractivity contribution is 6.12. The normalized spacial score (nSPS) is 9.95. The molecular formula is C17H19NO. The van der Waals surface area contributed by atoms with Crippen molar-refractivity contribution in [2.24, 2.45) is 5.16 Å². The molecule has 0 fully saturated rings. The van der Waals surface area contributed by atoms with Crippen LogP contribution >= 0.6 is 0 Å². The topological polar surface area (TPSA) is 21.6 Å². The number of rotatable bonds is 6. The van der Waals surface area contributed by atoms with E-state index < -0.39 is 0 Å². The summed E-state index contributed by atoms with van der Waals surface area (Å²) in [5.74, 6) is 0. The standard InChI is InChI=1S/C17H19NO/c1-2-3-14-19-18-17(15-10-6-4-7-11-15)16-12-8-5-9-13-16/h4-13H,2-3,14H2,1H3. The number of hydrogen-bond donors (Lipinski definition) is 0. The van der Waals surface area contributed by atoms with E-state index in [0.29, 0.717) is 6.61 Å². The monoisotopic (exact) mass is 253 g/mol. The minimum absolute atomic E-state index is 0.666. The number of oxime groups is 1. The first-order chi connectivity index (χ1) is 9.42. The van der Waals surface area contributed by atoms with E-state index >= 15 is 0 Å². The predicted octanol–water partition coefficient (Wildman–Crippen LogP) is 4.26. The Hall–Kier alpha value is -2.09. The Morgan fingerprint density at radius 2 is 1.42 bits per heavy atom. The van der Waals surface area contributed by atoms with E-state index in [1.54, 1.807) is 0 Å². The molecule has 0 spiro atoms. The molecule has 2 heteroatoms. The van der Waals surface area contributed by atoms with Gasteiger partial charge in [-0.3, -0.25) is 0 Å². The minimum Gasteiger partial charge on any atom is -0.395 e. The lowest BCUT2D eigenvalue weighted by Gasteiger charge is -2.07. The van der Waals surface area contributed by atoms with Crippen molar-refractivity contribution < 1.29 is 4.84 Å². The molecule has 98 valence electrons.